The molecule has 19 heavy (non-hydrogen) atoms. The molecule has 1 heterocycles. The summed E-state index contributed by atoms with van der Waals surface area (Å²) in [4.78, 5) is 17.0. The summed E-state index contributed by atoms with van der Waals surface area (Å²) in [6.45, 7) is 2.46. The summed E-state index contributed by atoms with van der Waals surface area (Å²) in [6, 6.07) is 13.7. The molecule has 2 rings (SSSR count). The van der Waals surface area contributed by atoms with Crippen molar-refractivity contribution in [2.45, 2.75) is 23.6 Å². The van der Waals surface area contributed by atoms with E-state index in [9.17, 15) is 4.79 Å². The van der Waals surface area contributed by atoms with E-state index in [0.29, 0.717) is 6.54 Å². The molecular weight excluding hydrogens is 256 g/mol. The monoisotopic (exact) mass is 272 g/mol. The van der Waals surface area contributed by atoms with Crippen LogP contribution in [0.5, 0.6) is 0 Å². The van der Waals surface area contributed by atoms with E-state index in [1.54, 1.807) is 24.2 Å². The first-order valence-corrected chi connectivity index (χ1v) is 7.02. The fraction of sp³-hybridized carbons (Fsp3) is 0.200. The number of aromatic nitrogens is 1. The molecule has 2 aromatic rings. The number of thioether (sulfide) groups is 1. The number of carbonyl (C=O) groups excluding carboxylic acids is 1. The molecule has 0 saturated heterocycles. The first kappa shape index (κ1) is 13.6. The van der Waals surface area contributed by atoms with Gasteiger partial charge in [0.15, 0.2) is 0 Å². The lowest BCUT2D eigenvalue weighted by atomic mass is 10.2. The summed E-state index contributed by atoms with van der Waals surface area (Å²) in [5.41, 5.74) is 1.06. The standard InChI is InChI=1S/C15H16N2OS/c1-12(19-14-5-3-2-4-6-14)15(18)17-11-13-7-9-16-10-8-13/h2-10,12H,11H2,1H3,(H,17,18)/t12-/m1/s1. The van der Waals surface area contributed by atoms with Crippen LogP contribution in [0.2, 0.25) is 0 Å². The third-order valence-electron chi connectivity index (χ3n) is 2.64. The topological polar surface area (TPSA) is 42.0 Å². The minimum Gasteiger partial charge on any atom is -0.351 e. The second-order valence-electron chi connectivity index (χ2n) is 4.15. The maximum absolute atomic E-state index is 12.0. The predicted octanol–water partition coefficient (Wildman–Crippen LogP) is 2.88. The van der Waals surface area contributed by atoms with Crippen LogP contribution >= 0.6 is 11.8 Å². The van der Waals surface area contributed by atoms with Crippen LogP contribution in [-0.4, -0.2) is 16.1 Å². The fourth-order valence-electron chi connectivity index (χ4n) is 1.59. The number of nitrogens with one attached hydrogen (secondary N) is 1. The number of rotatable bonds is 5. The van der Waals surface area contributed by atoms with Gasteiger partial charge in [-0.3, -0.25) is 9.78 Å². The van der Waals surface area contributed by atoms with Gasteiger partial charge in [-0.25, -0.2) is 0 Å². The Balaban J connectivity index is 1.83. The molecule has 1 aromatic carbocycles. The van der Waals surface area contributed by atoms with Crippen LogP contribution in [0.15, 0.2) is 59.8 Å². The molecule has 1 atom stereocenters. The van der Waals surface area contributed by atoms with Crippen molar-refractivity contribution in [2.24, 2.45) is 0 Å². The van der Waals surface area contributed by atoms with E-state index < -0.39 is 0 Å². The van der Waals surface area contributed by atoms with Gasteiger partial charge in [-0.2, -0.15) is 0 Å². The van der Waals surface area contributed by atoms with Crippen molar-refractivity contribution in [3.05, 3.63) is 60.4 Å². The maximum Gasteiger partial charge on any atom is 0.233 e. The van der Waals surface area contributed by atoms with Crippen molar-refractivity contribution >= 4 is 17.7 Å². The van der Waals surface area contributed by atoms with E-state index in [0.717, 1.165) is 10.5 Å². The van der Waals surface area contributed by atoms with Crippen molar-refractivity contribution in [1.29, 1.82) is 0 Å². The molecular formula is C15H16N2OS. The number of hydrogen-bond acceptors (Lipinski definition) is 3. The van der Waals surface area contributed by atoms with Gasteiger partial charge in [0, 0.05) is 23.8 Å². The van der Waals surface area contributed by atoms with Gasteiger partial charge in [0.25, 0.3) is 0 Å². The molecule has 1 N–H and O–H groups in total. The van der Waals surface area contributed by atoms with Gasteiger partial charge in [0.1, 0.15) is 0 Å². The molecule has 0 radical (unpaired) electrons. The Kier molecular flexibility index (Phi) is 4.98. The molecule has 0 aliphatic carbocycles. The fourth-order valence-corrected chi connectivity index (χ4v) is 2.50. The van der Waals surface area contributed by atoms with E-state index in [2.05, 4.69) is 10.3 Å². The van der Waals surface area contributed by atoms with Crippen LogP contribution in [0.4, 0.5) is 0 Å². The van der Waals surface area contributed by atoms with Crippen molar-refractivity contribution in [3.63, 3.8) is 0 Å². The van der Waals surface area contributed by atoms with Crippen LogP contribution in [0.25, 0.3) is 0 Å². The minimum absolute atomic E-state index is 0.0469. The smallest absolute Gasteiger partial charge is 0.233 e. The number of carbonyl (C=O) groups is 1. The third-order valence-corrected chi connectivity index (χ3v) is 3.75. The Morgan fingerprint density at radius 2 is 1.89 bits per heavy atom. The van der Waals surface area contributed by atoms with E-state index in [4.69, 9.17) is 0 Å². The SMILES string of the molecule is C[C@@H](Sc1ccccc1)C(=O)NCc1ccncc1. The van der Waals surface area contributed by atoms with E-state index in [1.807, 2.05) is 49.4 Å². The molecule has 0 unspecified atom stereocenters. The van der Waals surface area contributed by atoms with Gasteiger partial charge in [0.05, 0.1) is 5.25 Å². The predicted molar refractivity (Wildman–Crippen MR) is 77.8 cm³/mol. The van der Waals surface area contributed by atoms with Gasteiger partial charge in [0.2, 0.25) is 5.91 Å². The molecule has 3 nitrogen and oxygen atoms in total. The summed E-state index contributed by atoms with van der Waals surface area (Å²) < 4.78 is 0. The molecule has 1 amide bonds. The minimum atomic E-state index is -0.107. The Labute approximate surface area is 117 Å². The number of amides is 1. The molecule has 0 spiro atoms. The third kappa shape index (κ3) is 4.41. The van der Waals surface area contributed by atoms with Crippen molar-refractivity contribution in [3.8, 4) is 0 Å². The van der Waals surface area contributed by atoms with E-state index >= 15 is 0 Å². The Hall–Kier alpha value is -1.81. The molecule has 4 heteroatoms. The average Bonchev–Trinajstić information content (AvgIpc) is 2.47. The first-order valence-electron chi connectivity index (χ1n) is 6.14. The zero-order valence-electron chi connectivity index (χ0n) is 10.7. The van der Waals surface area contributed by atoms with Gasteiger partial charge < -0.3 is 5.32 Å². The summed E-state index contributed by atoms with van der Waals surface area (Å²) in [6.07, 6.45) is 3.45. The van der Waals surface area contributed by atoms with Crippen LogP contribution in [0.3, 0.4) is 0 Å². The highest BCUT2D eigenvalue weighted by atomic mass is 32.2. The summed E-state index contributed by atoms with van der Waals surface area (Å²) in [5.74, 6) is 0.0469. The quantitative estimate of drug-likeness (QED) is 0.851. The normalized spacial score (nSPS) is 11.8. The van der Waals surface area contributed by atoms with Crippen LogP contribution < -0.4 is 5.32 Å². The van der Waals surface area contributed by atoms with Crippen LogP contribution in [0.1, 0.15) is 12.5 Å². The first-order chi connectivity index (χ1) is 9.25. The Bertz CT molecular complexity index is 516. The zero-order chi connectivity index (χ0) is 13.5. The average molecular weight is 272 g/mol. The molecule has 0 saturated carbocycles. The lowest BCUT2D eigenvalue weighted by molar-refractivity contribution is -0.120. The van der Waals surface area contributed by atoms with E-state index in [1.165, 1.54) is 0 Å². The van der Waals surface area contributed by atoms with Gasteiger partial charge in [-0.05, 0) is 36.8 Å². The second-order valence-corrected chi connectivity index (χ2v) is 5.56. The molecule has 98 valence electrons. The number of hydrogen-bond donors (Lipinski definition) is 1. The Morgan fingerprint density at radius 1 is 1.21 bits per heavy atom. The lowest BCUT2D eigenvalue weighted by Gasteiger charge is -2.11. The number of benzene rings is 1. The highest BCUT2D eigenvalue weighted by Crippen LogP contribution is 2.22. The summed E-state index contributed by atoms with van der Waals surface area (Å²) >= 11 is 1.56. The molecule has 0 aliphatic rings. The lowest BCUT2D eigenvalue weighted by Crippen LogP contribution is -2.30. The molecule has 0 aliphatic heterocycles. The van der Waals surface area contributed by atoms with Crippen LogP contribution in [-0.2, 0) is 11.3 Å². The van der Waals surface area contributed by atoms with Gasteiger partial charge in [-0.15, -0.1) is 11.8 Å². The van der Waals surface area contributed by atoms with Gasteiger partial charge in [-0.1, -0.05) is 18.2 Å². The van der Waals surface area contributed by atoms with Crippen LogP contribution in [0, 0.1) is 0 Å². The largest absolute Gasteiger partial charge is 0.351 e. The second kappa shape index (κ2) is 6.95. The van der Waals surface area contributed by atoms with Crippen molar-refractivity contribution in [2.75, 3.05) is 0 Å². The summed E-state index contributed by atoms with van der Waals surface area (Å²) in [7, 11) is 0. The zero-order valence-corrected chi connectivity index (χ0v) is 11.6. The highest BCUT2D eigenvalue weighted by molar-refractivity contribution is 8.00. The van der Waals surface area contributed by atoms with Crippen molar-refractivity contribution < 1.29 is 4.79 Å². The molecule has 0 fully saturated rings. The number of pyridine rings is 1. The van der Waals surface area contributed by atoms with Crippen molar-refractivity contribution in [1.82, 2.24) is 10.3 Å². The maximum atomic E-state index is 12.0. The highest BCUT2D eigenvalue weighted by Gasteiger charge is 2.13. The summed E-state index contributed by atoms with van der Waals surface area (Å²) in [5, 5.41) is 2.82. The van der Waals surface area contributed by atoms with E-state index in [-0.39, 0.29) is 11.2 Å². The molecule has 0 bridgehead atoms. The Morgan fingerprint density at radius 3 is 2.58 bits per heavy atom. The molecule has 1 aromatic heterocycles. The van der Waals surface area contributed by atoms with Gasteiger partial charge >= 0.3 is 0 Å². The number of nitrogens with zero attached hydrogens (tertiary/aromatic N) is 1.